The van der Waals surface area contributed by atoms with E-state index in [0.29, 0.717) is 5.75 Å². The van der Waals surface area contributed by atoms with Crippen molar-refractivity contribution in [1.82, 2.24) is 4.72 Å². The van der Waals surface area contributed by atoms with Crippen LogP contribution in [-0.4, -0.2) is 31.6 Å². The maximum atomic E-state index is 11.8. The Morgan fingerprint density at radius 3 is 2.75 bits per heavy atom. The smallest absolute Gasteiger partial charge is 0.240 e. The Bertz CT molecular complexity index is 445. The van der Waals surface area contributed by atoms with Gasteiger partial charge in [0.05, 0.1) is 4.90 Å². The molecule has 1 rings (SSSR count). The molecule has 0 spiro atoms. The number of hydrogen-bond acceptors (Lipinski definition) is 4. The summed E-state index contributed by atoms with van der Waals surface area (Å²) in [5.41, 5.74) is 0. The van der Waals surface area contributed by atoms with E-state index >= 15 is 0 Å². The molecule has 1 atom stereocenters. The van der Waals surface area contributed by atoms with Crippen LogP contribution in [0.15, 0.2) is 29.2 Å². The normalized spacial score (nSPS) is 13.6. The summed E-state index contributed by atoms with van der Waals surface area (Å²) in [6.07, 6.45) is 1.92. The van der Waals surface area contributed by atoms with Gasteiger partial charge in [-0.05, 0) is 31.4 Å². The monoisotopic (exact) mass is 261 g/mol. The summed E-state index contributed by atoms with van der Waals surface area (Å²) in [5, 5.41) is 9.22. The van der Waals surface area contributed by atoms with Gasteiger partial charge in [-0.15, -0.1) is 0 Å². The first kappa shape index (κ1) is 13.3. The quantitative estimate of drug-likeness (QED) is 0.841. The molecule has 1 unspecified atom stereocenters. The first-order chi connectivity index (χ1) is 7.45. The van der Waals surface area contributed by atoms with Gasteiger partial charge in [-0.3, -0.25) is 0 Å². The van der Waals surface area contributed by atoms with Crippen LogP contribution in [0.5, 0.6) is 5.75 Å². The highest BCUT2D eigenvalue weighted by molar-refractivity contribution is 7.98. The Balaban J connectivity index is 2.86. The summed E-state index contributed by atoms with van der Waals surface area (Å²) >= 11 is 1.57. The second kappa shape index (κ2) is 5.56. The SMILES string of the molecule is CSCC(C)NS(=O)(=O)c1cccc(O)c1. The van der Waals surface area contributed by atoms with Crippen molar-refractivity contribution in [3.05, 3.63) is 24.3 Å². The van der Waals surface area contributed by atoms with Gasteiger partial charge in [0, 0.05) is 11.8 Å². The molecule has 0 fully saturated rings. The van der Waals surface area contributed by atoms with E-state index < -0.39 is 10.0 Å². The van der Waals surface area contributed by atoms with Crippen LogP contribution in [0.3, 0.4) is 0 Å². The summed E-state index contributed by atoms with van der Waals surface area (Å²) < 4.78 is 26.2. The molecule has 0 saturated carbocycles. The maximum absolute atomic E-state index is 11.8. The first-order valence-corrected chi connectivity index (χ1v) is 7.63. The molecule has 1 aromatic carbocycles. The van der Waals surface area contributed by atoms with E-state index in [9.17, 15) is 13.5 Å². The van der Waals surface area contributed by atoms with Crippen molar-refractivity contribution in [3.63, 3.8) is 0 Å². The van der Waals surface area contributed by atoms with E-state index in [1.807, 2.05) is 6.26 Å². The van der Waals surface area contributed by atoms with Gasteiger partial charge in [0.1, 0.15) is 5.75 Å². The molecule has 4 nitrogen and oxygen atoms in total. The molecule has 0 saturated heterocycles. The number of benzene rings is 1. The largest absolute Gasteiger partial charge is 0.508 e. The van der Waals surface area contributed by atoms with Crippen molar-refractivity contribution < 1.29 is 13.5 Å². The lowest BCUT2D eigenvalue weighted by Gasteiger charge is -2.12. The van der Waals surface area contributed by atoms with Gasteiger partial charge >= 0.3 is 0 Å². The minimum absolute atomic E-state index is 0.0552. The number of hydrogen-bond donors (Lipinski definition) is 2. The minimum Gasteiger partial charge on any atom is -0.508 e. The molecule has 6 heteroatoms. The van der Waals surface area contributed by atoms with Crippen LogP contribution in [-0.2, 0) is 10.0 Å². The Morgan fingerprint density at radius 1 is 1.50 bits per heavy atom. The van der Waals surface area contributed by atoms with Crippen LogP contribution in [0.25, 0.3) is 0 Å². The molecular weight excluding hydrogens is 246 g/mol. The zero-order valence-electron chi connectivity index (χ0n) is 9.17. The van der Waals surface area contributed by atoms with Crippen molar-refractivity contribution in [2.75, 3.05) is 12.0 Å². The van der Waals surface area contributed by atoms with Gasteiger partial charge in [0.25, 0.3) is 0 Å². The molecule has 0 amide bonds. The Morgan fingerprint density at radius 2 is 2.19 bits per heavy atom. The fourth-order valence-electron chi connectivity index (χ4n) is 1.27. The van der Waals surface area contributed by atoms with Crippen LogP contribution in [0.2, 0.25) is 0 Å². The Hall–Kier alpha value is -0.720. The molecule has 0 bridgehead atoms. The number of rotatable bonds is 5. The Labute approximate surface area is 100 Å². The number of phenols is 1. The number of thioether (sulfide) groups is 1. The summed E-state index contributed by atoms with van der Waals surface area (Å²) in [4.78, 5) is 0.0838. The van der Waals surface area contributed by atoms with E-state index in [1.54, 1.807) is 18.7 Å². The third kappa shape index (κ3) is 3.70. The van der Waals surface area contributed by atoms with Crippen LogP contribution < -0.4 is 4.72 Å². The van der Waals surface area contributed by atoms with Gasteiger partial charge in [-0.25, -0.2) is 13.1 Å². The molecule has 0 aliphatic carbocycles. The maximum Gasteiger partial charge on any atom is 0.240 e. The van der Waals surface area contributed by atoms with E-state index in [0.717, 1.165) is 0 Å². The van der Waals surface area contributed by atoms with Crippen molar-refractivity contribution in [3.8, 4) is 5.75 Å². The number of nitrogens with one attached hydrogen (secondary N) is 1. The lowest BCUT2D eigenvalue weighted by Crippen LogP contribution is -2.34. The van der Waals surface area contributed by atoms with Crippen molar-refractivity contribution in [2.24, 2.45) is 0 Å². The van der Waals surface area contributed by atoms with Crippen LogP contribution in [0.1, 0.15) is 6.92 Å². The van der Waals surface area contributed by atoms with Crippen LogP contribution >= 0.6 is 11.8 Å². The molecule has 0 aliphatic rings. The highest BCUT2D eigenvalue weighted by Crippen LogP contribution is 2.16. The molecule has 0 heterocycles. The molecule has 0 aliphatic heterocycles. The standard InChI is InChI=1S/C10H15NO3S2/c1-8(7-15-2)11-16(13,14)10-5-3-4-9(12)6-10/h3-6,8,11-12H,7H2,1-2H3. The molecular formula is C10H15NO3S2. The third-order valence-electron chi connectivity index (χ3n) is 1.90. The molecule has 0 aromatic heterocycles. The average Bonchev–Trinajstić information content (AvgIpc) is 2.17. The molecule has 2 N–H and O–H groups in total. The van der Waals surface area contributed by atoms with E-state index in [4.69, 9.17) is 0 Å². The summed E-state index contributed by atoms with van der Waals surface area (Å²) in [5.74, 6) is 0.651. The zero-order valence-corrected chi connectivity index (χ0v) is 10.8. The molecule has 90 valence electrons. The van der Waals surface area contributed by atoms with E-state index in [1.165, 1.54) is 24.3 Å². The number of aromatic hydroxyl groups is 1. The number of sulfonamides is 1. The van der Waals surface area contributed by atoms with Crippen LogP contribution in [0, 0.1) is 0 Å². The lowest BCUT2D eigenvalue weighted by molar-refractivity contribution is 0.473. The number of phenolic OH excluding ortho intramolecular Hbond substituents is 1. The Kier molecular flexibility index (Phi) is 4.64. The summed E-state index contributed by atoms with van der Waals surface area (Å²) in [7, 11) is -3.53. The third-order valence-corrected chi connectivity index (χ3v) is 4.32. The summed E-state index contributed by atoms with van der Waals surface area (Å²) in [6.45, 7) is 1.80. The second-order valence-corrected chi connectivity index (χ2v) is 6.10. The molecule has 0 radical (unpaired) electrons. The molecule has 1 aromatic rings. The van der Waals surface area contributed by atoms with Gasteiger partial charge in [0.15, 0.2) is 0 Å². The predicted molar refractivity (Wildman–Crippen MR) is 66.3 cm³/mol. The van der Waals surface area contributed by atoms with E-state index in [2.05, 4.69) is 4.72 Å². The average molecular weight is 261 g/mol. The van der Waals surface area contributed by atoms with E-state index in [-0.39, 0.29) is 16.7 Å². The van der Waals surface area contributed by atoms with Crippen LogP contribution in [0.4, 0.5) is 0 Å². The zero-order chi connectivity index (χ0) is 12.2. The van der Waals surface area contributed by atoms with Gasteiger partial charge < -0.3 is 5.11 Å². The lowest BCUT2D eigenvalue weighted by atomic mass is 10.3. The fraction of sp³-hybridized carbons (Fsp3) is 0.400. The topological polar surface area (TPSA) is 66.4 Å². The van der Waals surface area contributed by atoms with Gasteiger partial charge in [-0.1, -0.05) is 6.07 Å². The molecule has 16 heavy (non-hydrogen) atoms. The predicted octanol–water partition coefficient (Wildman–Crippen LogP) is 1.42. The van der Waals surface area contributed by atoms with Crippen molar-refractivity contribution >= 4 is 21.8 Å². The fourth-order valence-corrected chi connectivity index (χ4v) is 3.24. The van der Waals surface area contributed by atoms with Crippen molar-refractivity contribution in [1.29, 1.82) is 0 Å². The highest BCUT2D eigenvalue weighted by atomic mass is 32.2. The van der Waals surface area contributed by atoms with Crippen molar-refractivity contribution in [2.45, 2.75) is 17.9 Å². The minimum atomic E-state index is -3.53. The highest BCUT2D eigenvalue weighted by Gasteiger charge is 2.17. The van der Waals surface area contributed by atoms with Gasteiger partial charge in [-0.2, -0.15) is 11.8 Å². The second-order valence-electron chi connectivity index (χ2n) is 3.48. The first-order valence-electron chi connectivity index (χ1n) is 4.76. The van der Waals surface area contributed by atoms with Gasteiger partial charge in [0.2, 0.25) is 10.0 Å². The summed E-state index contributed by atoms with van der Waals surface area (Å²) in [6, 6.07) is 5.48.